The molecule has 1 aliphatic heterocycles. The van der Waals surface area contributed by atoms with Crippen LogP contribution in [0.15, 0.2) is 12.1 Å². The van der Waals surface area contributed by atoms with Gasteiger partial charge in [-0.3, -0.25) is 14.5 Å². The fourth-order valence-electron chi connectivity index (χ4n) is 2.45. The molecule has 1 atom stereocenters. The summed E-state index contributed by atoms with van der Waals surface area (Å²) in [4.78, 5) is 26.0. The number of amides is 2. The first kappa shape index (κ1) is 13.3. The summed E-state index contributed by atoms with van der Waals surface area (Å²) in [6.07, 6.45) is 0. The predicted molar refractivity (Wildman–Crippen MR) is 70.7 cm³/mol. The van der Waals surface area contributed by atoms with Crippen molar-refractivity contribution in [3.8, 4) is 6.07 Å². The highest BCUT2D eigenvalue weighted by Gasteiger charge is 2.42. The fraction of sp³-hybridized carbons (Fsp3) is 0.400. The Balaban J connectivity index is 2.60. The third-order valence-electron chi connectivity index (χ3n) is 3.53. The Labute approximate surface area is 112 Å². The van der Waals surface area contributed by atoms with Gasteiger partial charge in [0.1, 0.15) is 6.04 Å². The van der Waals surface area contributed by atoms with E-state index in [1.807, 2.05) is 39.8 Å². The van der Waals surface area contributed by atoms with Crippen LogP contribution >= 0.6 is 0 Å². The number of imide groups is 1. The molecule has 98 valence electrons. The van der Waals surface area contributed by atoms with Crippen LogP contribution in [0.4, 0.5) is 0 Å². The molecule has 0 spiro atoms. The first-order valence-electron chi connectivity index (χ1n) is 6.27. The zero-order chi connectivity index (χ0) is 14.3. The first-order chi connectivity index (χ1) is 8.90. The number of carbonyl (C=O) groups excluding carboxylic acids is 2. The lowest BCUT2D eigenvalue weighted by Gasteiger charge is -2.23. The van der Waals surface area contributed by atoms with Gasteiger partial charge in [-0.15, -0.1) is 0 Å². The number of nitrogens with zero attached hydrogens (tertiary/aromatic N) is 2. The largest absolute Gasteiger partial charge is 0.269 e. The number of rotatable bonds is 2. The van der Waals surface area contributed by atoms with E-state index in [0.717, 1.165) is 16.0 Å². The van der Waals surface area contributed by atoms with Gasteiger partial charge in [-0.25, -0.2) is 0 Å². The third-order valence-corrected chi connectivity index (χ3v) is 3.53. The molecule has 4 heteroatoms. The van der Waals surface area contributed by atoms with E-state index in [9.17, 15) is 14.9 Å². The number of fused-ring (bicyclic) bond motifs is 1. The Morgan fingerprint density at radius 2 is 1.47 bits per heavy atom. The minimum Gasteiger partial charge on any atom is -0.269 e. The van der Waals surface area contributed by atoms with Crippen molar-refractivity contribution in [2.45, 2.75) is 33.7 Å². The molecule has 4 nitrogen and oxygen atoms in total. The molecule has 0 radical (unpaired) electrons. The summed E-state index contributed by atoms with van der Waals surface area (Å²) < 4.78 is 0. The van der Waals surface area contributed by atoms with Crippen molar-refractivity contribution in [3.63, 3.8) is 0 Å². The minimum absolute atomic E-state index is 0.0900. The number of hydrogen-bond donors (Lipinski definition) is 0. The monoisotopic (exact) mass is 256 g/mol. The predicted octanol–water partition coefficient (Wildman–Crippen LogP) is 2.45. The Bertz CT molecular complexity index is 570. The van der Waals surface area contributed by atoms with Gasteiger partial charge in [0.15, 0.2) is 0 Å². The van der Waals surface area contributed by atoms with Gasteiger partial charge in [0.05, 0.1) is 17.2 Å². The summed E-state index contributed by atoms with van der Waals surface area (Å²) in [5, 5.41) is 9.21. The van der Waals surface area contributed by atoms with E-state index in [1.165, 1.54) is 0 Å². The molecule has 2 rings (SSSR count). The maximum atomic E-state index is 12.4. The summed E-state index contributed by atoms with van der Waals surface area (Å²) in [5.41, 5.74) is 2.46. The van der Waals surface area contributed by atoms with E-state index >= 15 is 0 Å². The lowest BCUT2D eigenvalue weighted by atomic mass is 9.99. The van der Waals surface area contributed by atoms with Gasteiger partial charge in [-0.05, 0) is 30.9 Å². The Morgan fingerprint density at radius 1 is 1.05 bits per heavy atom. The average Bonchev–Trinajstić information content (AvgIpc) is 2.60. The van der Waals surface area contributed by atoms with Crippen molar-refractivity contribution in [3.05, 3.63) is 34.4 Å². The van der Waals surface area contributed by atoms with Gasteiger partial charge in [0, 0.05) is 0 Å². The van der Waals surface area contributed by atoms with Gasteiger partial charge in [-0.1, -0.05) is 26.0 Å². The molecule has 19 heavy (non-hydrogen) atoms. The number of hydrogen-bond acceptors (Lipinski definition) is 3. The van der Waals surface area contributed by atoms with Crippen LogP contribution in [0.2, 0.25) is 0 Å². The summed E-state index contributed by atoms with van der Waals surface area (Å²) in [6.45, 7) is 7.28. The topological polar surface area (TPSA) is 61.2 Å². The lowest BCUT2D eigenvalue weighted by molar-refractivity contribution is 0.0588. The van der Waals surface area contributed by atoms with Crippen LogP contribution in [0.5, 0.6) is 0 Å². The maximum Gasteiger partial charge on any atom is 0.262 e. The van der Waals surface area contributed by atoms with Crippen LogP contribution in [0.1, 0.15) is 45.7 Å². The molecular weight excluding hydrogens is 240 g/mol. The standard InChI is InChI=1S/C15H16N2O2/c1-8(2)11(7-16)17-14(18)12-9(3)5-6-10(4)13(12)15(17)19/h5-6,8,11H,1-4H3. The van der Waals surface area contributed by atoms with Gasteiger partial charge in [0.25, 0.3) is 11.8 Å². The van der Waals surface area contributed by atoms with E-state index in [2.05, 4.69) is 6.07 Å². The van der Waals surface area contributed by atoms with Gasteiger partial charge < -0.3 is 0 Å². The molecule has 1 heterocycles. The second-order valence-electron chi connectivity index (χ2n) is 5.25. The molecule has 0 bridgehead atoms. The lowest BCUT2D eigenvalue weighted by Crippen LogP contribution is -2.42. The normalized spacial score (nSPS) is 15.7. The molecule has 2 amide bonds. The van der Waals surface area contributed by atoms with Gasteiger partial charge in [0.2, 0.25) is 0 Å². The summed E-state index contributed by atoms with van der Waals surface area (Å²) in [6, 6.07) is 5.01. The van der Waals surface area contributed by atoms with Crippen molar-refractivity contribution in [1.29, 1.82) is 5.26 Å². The molecule has 1 aliphatic rings. The average molecular weight is 256 g/mol. The van der Waals surface area contributed by atoms with E-state index in [4.69, 9.17) is 0 Å². The Morgan fingerprint density at radius 3 is 1.79 bits per heavy atom. The van der Waals surface area contributed by atoms with Gasteiger partial charge in [-0.2, -0.15) is 5.26 Å². The van der Waals surface area contributed by atoms with E-state index in [1.54, 1.807) is 0 Å². The molecule has 0 N–H and O–H groups in total. The van der Waals surface area contributed by atoms with Crippen molar-refractivity contribution in [2.75, 3.05) is 0 Å². The molecule has 1 aromatic rings. The van der Waals surface area contributed by atoms with Crippen LogP contribution < -0.4 is 0 Å². The fourth-order valence-corrected chi connectivity index (χ4v) is 2.45. The molecule has 0 fully saturated rings. The van der Waals surface area contributed by atoms with Crippen molar-refractivity contribution < 1.29 is 9.59 Å². The molecule has 0 saturated heterocycles. The van der Waals surface area contributed by atoms with Gasteiger partial charge >= 0.3 is 0 Å². The SMILES string of the molecule is Cc1ccc(C)c2c1C(=O)N(C(C#N)C(C)C)C2=O. The highest BCUT2D eigenvalue weighted by Crippen LogP contribution is 2.31. The number of nitriles is 1. The molecular formula is C15H16N2O2. The van der Waals surface area contributed by atoms with Crippen molar-refractivity contribution in [1.82, 2.24) is 4.90 Å². The summed E-state index contributed by atoms with van der Waals surface area (Å²) >= 11 is 0. The second kappa shape index (κ2) is 4.51. The van der Waals surface area contributed by atoms with Crippen LogP contribution in [0.25, 0.3) is 0 Å². The minimum atomic E-state index is -0.716. The van der Waals surface area contributed by atoms with E-state index in [0.29, 0.717) is 11.1 Å². The number of benzene rings is 1. The highest BCUT2D eigenvalue weighted by atomic mass is 16.2. The van der Waals surface area contributed by atoms with Crippen LogP contribution in [-0.2, 0) is 0 Å². The zero-order valence-corrected chi connectivity index (χ0v) is 11.5. The molecule has 0 saturated carbocycles. The first-order valence-corrected chi connectivity index (χ1v) is 6.27. The third kappa shape index (κ3) is 1.82. The molecule has 1 aromatic carbocycles. The highest BCUT2D eigenvalue weighted by molar-refractivity contribution is 6.23. The van der Waals surface area contributed by atoms with E-state index in [-0.39, 0.29) is 17.7 Å². The smallest absolute Gasteiger partial charge is 0.262 e. The van der Waals surface area contributed by atoms with Crippen LogP contribution in [0, 0.1) is 31.1 Å². The summed E-state index contributed by atoms with van der Waals surface area (Å²) in [5.74, 6) is -0.782. The molecule has 1 unspecified atom stereocenters. The Kier molecular flexibility index (Phi) is 3.15. The quantitative estimate of drug-likeness (QED) is 0.763. The van der Waals surface area contributed by atoms with Crippen molar-refractivity contribution in [2.24, 2.45) is 5.92 Å². The zero-order valence-electron chi connectivity index (χ0n) is 11.5. The molecule has 0 aliphatic carbocycles. The number of carbonyl (C=O) groups is 2. The molecule has 0 aromatic heterocycles. The van der Waals surface area contributed by atoms with Crippen LogP contribution in [0.3, 0.4) is 0 Å². The Hall–Kier alpha value is -2.15. The maximum absolute atomic E-state index is 12.4. The van der Waals surface area contributed by atoms with E-state index < -0.39 is 6.04 Å². The van der Waals surface area contributed by atoms with Crippen LogP contribution in [-0.4, -0.2) is 22.8 Å². The second-order valence-corrected chi connectivity index (χ2v) is 5.25. The summed E-state index contributed by atoms with van der Waals surface area (Å²) in [7, 11) is 0. The van der Waals surface area contributed by atoms with Crippen molar-refractivity contribution >= 4 is 11.8 Å². The number of aryl methyl sites for hydroxylation is 2.